The summed E-state index contributed by atoms with van der Waals surface area (Å²) in [4.78, 5) is 64.1. The molecule has 5 N–H and O–H groups in total. The van der Waals surface area contributed by atoms with E-state index in [2.05, 4.69) is 57.0 Å². The fourth-order valence-corrected chi connectivity index (χ4v) is 10.8. The number of methoxy groups -OCH3 is 1. The number of rotatable bonds is 18. The zero-order valence-corrected chi connectivity index (χ0v) is 44.2. The molecule has 3 aliphatic heterocycles. The Morgan fingerprint density at radius 1 is 0.972 bits per heavy atom. The molecule has 0 radical (unpaired) electrons. The molecular weight excluding hydrogens is 976 g/mol. The second-order valence-electron chi connectivity index (χ2n) is 19.8. The van der Waals surface area contributed by atoms with Gasteiger partial charge >= 0.3 is 0 Å². The molecule has 0 saturated carbocycles. The number of piperazine rings is 1. The molecule has 21 heteroatoms. The van der Waals surface area contributed by atoms with Crippen LogP contribution in [0.15, 0.2) is 78.4 Å². The number of amides is 3. The molecule has 3 amide bonds. The number of ether oxygens (including phenoxy) is 1. The Labute approximate surface area is 433 Å². The summed E-state index contributed by atoms with van der Waals surface area (Å²) < 4.78 is 19.7. The third-order valence-electron chi connectivity index (χ3n) is 13.4. The molecule has 3 aliphatic rings. The monoisotopic (exact) mass is 1040 g/mol. The molecule has 3 saturated heterocycles. The molecule has 4 atom stereocenters. The lowest BCUT2D eigenvalue weighted by atomic mass is 9.85. The fraction of sp³-hybridized carbons (Fsp3) is 0.451. The van der Waals surface area contributed by atoms with Gasteiger partial charge in [-0.1, -0.05) is 68.8 Å². The van der Waals surface area contributed by atoms with Crippen molar-refractivity contribution in [3.8, 4) is 16.2 Å². The summed E-state index contributed by atoms with van der Waals surface area (Å²) in [6, 6.07) is 19.7. The summed E-state index contributed by atoms with van der Waals surface area (Å²) in [5.74, 6) is 0.801. The number of thiazole rings is 1. The van der Waals surface area contributed by atoms with Crippen molar-refractivity contribution in [2.75, 3.05) is 99.2 Å². The van der Waals surface area contributed by atoms with Crippen molar-refractivity contribution < 1.29 is 28.4 Å². The molecule has 5 heterocycles. The van der Waals surface area contributed by atoms with E-state index in [9.17, 15) is 23.7 Å². The first kappa shape index (κ1) is 52.4. The van der Waals surface area contributed by atoms with E-state index >= 15 is 0 Å². The highest BCUT2D eigenvalue weighted by Gasteiger charge is 2.45. The quantitative estimate of drug-likeness (QED) is 0.0721. The number of aryl methyl sites for hydroxylation is 1. The number of carbonyl (C=O) groups is 3. The zero-order valence-electron chi connectivity index (χ0n) is 41.9. The third-order valence-corrected chi connectivity index (χ3v) is 15.6. The van der Waals surface area contributed by atoms with E-state index in [0.717, 1.165) is 78.9 Å². The van der Waals surface area contributed by atoms with Gasteiger partial charge in [-0.25, -0.2) is 14.2 Å². The minimum Gasteiger partial charge on any atom is -0.494 e. The highest BCUT2D eigenvalue weighted by atomic mass is 35.5. The largest absolute Gasteiger partial charge is 0.494 e. The molecule has 0 bridgehead atoms. The van der Waals surface area contributed by atoms with E-state index in [0.29, 0.717) is 39.8 Å². The average Bonchev–Trinajstić information content (AvgIpc) is 3.97. The van der Waals surface area contributed by atoms with Crippen LogP contribution < -0.4 is 35.2 Å². The number of benzene rings is 3. The van der Waals surface area contributed by atoms with Crippen LogP contribution in [0.4, 0.5) is 34.5 Å². The second-order valence-corrected chi connectivity index (χ2v) is 22.4. The van der Waals surface area contributed by atoms with Crippen LogP contribution in [0, 0.1) is 18.3 Å². The van der Waals surface area contributed by atoms with Crippen molar-refractivity contribution in [1.82, 2.24) is 40.3 Å². The van der Waals surface area contributed by atoms with Gasteiger partial charge in [-0.2, -0.15) is 4.98 Å². The van der Waals surface area contributed by atoms with Crippen LogP contribution in [-0.4, -0.2) is 154 Å². The number of para-hydroxylation sites is 2. The molecule has 8 rings (SSSR count). The first-order valence-corrected chi connectivity index (χ1v) is 26.9. The van der Waals surface area contributed by atoms with Crippen LogP contribution >= 0.6 is 22.9 Å². The zero-order chi connectivity index (χ0) is 51.3. The first-order valence-electron chi connectivity index (χ1n) is 24.1. The van der Waals surface area contributed by atoms with E-state index in [1.54, 1.807) is 36.1 Å². The van der Waals surface area contributed by atoms with Crippen molar-refractivity contribution in [3.63, 3.8) is 0 Å². The van der Waals surface area contributed by atoms with Crippen LogP contribution in [0.1, 0.15) is 38.4 Å². The van der Waals surface area contributed by atoms with Crippen LogP contribution in [0.25, 0.3) is 10.4 Å². The molecule has 0 aliphatic carbocycles. The smallest absolute Gasteiger partial charge is 0.246 e. The maximum atomic E-state index is 14.2. The van der Waals surface area contributed by atoms with Crippen molar-refractivity contribution in [2.45, 2.75) is 58.8 Å². The summed E-state index contributed by atoms with van der Waals surface area (Å²) in [5.41, 5.74) is 7.27. The predicted octanol–water partition coefficient (Wildman–Crippen LogP) is 5.65. The van der Waals surface area contributed by atoms with Gasteiger partial charge in [0.1, 0.15) is 33.8 Å². The number of β-amino-alcohol motifs (C(OH)–C–C–N with tert-alkyl or cyclic N) is 1. The lowest BCUT2D eigenvalue weighted by Crippen LogP contribution is -2.60. The Hall–Kier alpha value is -5.90. The lowest BCUT2D eigenvalue weighted by molar-refractivity contribution is -0.144. The summed E-state index contributed by atoms with van der Waals surface area (Å²) in [5, 5.41) is 23.5. The van der Waals surface area contributed by atoms with E-state index in [4.69, 9.17) is 16.3 Å². The number of likely N-dealkylation sites (tertiary alicyclic amines) is 2. The molecular formula is C51H65ClN12O6S2. The van der Waals surface area contributed by atoms with E-state index in [1.165, 1.54) is 11.1 Å². The number of aliphatic hydroxyl groups is 1. The third kappa shape index (κ3) is 12.6. The normalized spacial score (nSPS) is 18.5. The van der Waals surface area contributed by atoms with E-state index in [-0.39, 0.29) is 43.8 Å². The number of anilines is 6. The van der Waals surface area contributed by atoms with Gasteiger partial charge in [0.15, 0.2) is 5.82 Å². The predicted molar refractivity (Wildman–Crippen MR) is 286 cm³/mol. The highest BCUT2D eigenvalue weighted by molar-refractivity contribution is 7.85. The fourth-order valence-electron chi connectivity index (χ4n) is 9.40. The molecule has 1 unspecified atom stereocenters. The van der Waals surface area contributed by atoms with Gasteiger partial charge in [-0.3, -0.25) is 28.5 Å². The Morgan fingerprint density at radius 3 is 2.39 bits per heavy atom. The maximum absolute atomic E-state index is 14.2. The number of nitrogens with one attached hydrogen (secondary N) is 4. The highest BCUT2D eigenvalue weighted by Crippen LogP contribution is 2.35. The molecule has 3 aromatic carbocycles. The van der Waals surface area contributed by atoms with Crippen molar-refractivity contribution >= 4 is 86.2 Å². The number of nitrogens with zero attached hydrogens (tertiary/aromatic N) is 8. The Bertz CT molecular complexity index is 2740. The van der Waals surface area contributed by atoms with Crippen LogP contribution in [-0.2, 0) is 31.9 Å². The van der Waals surface area contributed by atoms with Crippen LogP contribution in [0.5, 0.6) is 5.75 Å². The number of hydrogen-bond acceptors (Lipinski definition) is 15. The van der Waals surface area contributed by atoms with E-state index < -0.39 is 34.6 Å². The molecule has 5 aromatic rings. The maximum Gasteiger partial charge on any atom is 0.246 e. The number of halogens is 1. The average molecular weight is 1040 g/mol. The summed E-state index contributed by atoms with van der Waals surface area (Å²) in [6.07, 6.45) is 2.41. The molecule has 384 valence electrons. The van der Waals surface area contributed by atoms with Gasteiger partial charge in [0.2, 0.25) is 23.7 Å². The summed E-state index contributed by atoms with van der Waals surface area (Å²) >= 11 is 8.10. The molecule has 3 fully saturated rings. The van der Waals surface area contributed by atoms with Crippen LogP contribution in [0.2, 0.25) is 5.02 Å². The van der Waals surface area contributed by atoms with Crippen LogP contribution in [0.3, 0.4) is 0 Å². The molecule has 72 heavy (non-hydrogen) atoms. The van der Waals surface area contributed by atoms with Crippen molar-refractivity contribution in [1.29, 1.82) is 0 Å². The number of hydrogen-bond donors (Lipinski definition) is 5. The first-order chi connectivity index (χ1) is 34.4. The number of aliphatic hydroxyl groups excluding tert-OH is 1. The van der Waals surface area contributed by atoms with Crippen molar-refractivity contribution in [2.24, 2.45) is 11.3 Å². The van der Waals surface area contributed by atoms with E-state index in [1.807, 2.05) is 93.9 Å². The lowest BCUT2D eigenvalue weighted by Gasteiger charge is -2.44. The van der Waals surface area contributed by atoms with Gasteiger partial charge in [0.05, 0.1) is 59.1 Å². The topological polar surface area (TPSA) is 201 Å². The van der Waals surface area contributed by atoms with Gasteiger partial charge in [0.25, 0.3) is 0 Å². The minimum atomic E-state index is -1.23. The standard InChI is InChI=1S/C51H65ClN12O6S2/c1-32-45(71-31-55-32)35-14-12-33(13-15-35)24-53-48(67)42-23-37(65)29-64(42)49(68)46(51(2,3)4)58-44(66)30-62-27-34(28-62)26-61-18-20-63(21-19-61)36-16-17-40(43(22-36)70-6)57-50-54-25-38(52)47(59-50)56-39-10-8-9-11-41(39)60(5)72(7)69/h8-17,22,25,31,34,37,42,46,65H,18-21,23-24,26-30H2,1-7H3,(H,53,67)(H,58,66)(H2,54,56,57,59)/t37-,42+,46-,72?/m1/s1. The SMILES string of the molecule is COc1cc(N2CCN(CC3CN(CC(=O)N[C@H](C(=O)N4C[C@H](O)C[C@H]4C(=O)NCc4ccc(-c5scnc5C)cc4)C(C)(C)C)C3)CC2)ccc1Nc1ncc(Cl)c(Nc2ccccc2N(C)S(C)=O)n1. The van der Waals surface area contributed by atoms with Crippen molar-refractivity contribution in [3.05, 3.63) is 94.7 Å². The van der Waals surface area contributed by atoms with Gasteiger partial charge < -0.3 is 40.9 Å². The second kappa shape index (κ2) is 22.9. The molecule has 2 aromatic heterocycles. The Kier molecular flexibility index (Phi) is 16.7. The Balaban J connectivity index is 0.781. The molecule has 0 spiro atoms. The van der Waals surface area contributed by atoms with Gasteiger partial charge in [-0.15, -0.1) is 11.3 Å². The summed E-state index contributed by atoms with van der Waals surface area (Å²) in [7, 11) is 2.15. The number of aromatic nitrogens is 3. The molecule has 18 nitrogen and oxygen atoms in total. The number of carbonyl (C=O) groups excluding carboxylic acids is 3. The Morgan fingerprint density at radius 2 is 1.71 bits per heavy atom. The van der Waals surface area contributed by atoms with Gasteiger partial charge in [0, 0.05) is 90.4 Å². The summed E-state index contributed by atoms with van der Waals surface area (Å²) in [6.45, 7) is 14.1. The minimum absolute atomic E-state index is 0.0185. The van der Waals surface area contributed by atoms with Gasteiger partial charge in [-0.05, 0) is 53.6 Å².